The van der Waals surface area contributed by atoms with E-state index in [2.05, 4.69) is 11.7 Å². The number of esters is 1. The molecule has 0 spiro atoms. The molecule has 0 radical (unpaired) electrons. The molecular formula is C9H14O2. The summed E-state index contributed by atoms with van der Waals surface area (Å²) in [4.78, 5) is 10.5. The summed E-state index contributed by atoms with van der Waals surface area (Å²) in [5, 5.41) is 0. The van der Waals surface area contributed by atoms with Crippen LogP contribution in [0.25, 0.3) is 0 Å². The van der Waals surface area contributed by atoms with E-state index in [0.717, 1.165) is 12.8 Å². The summed E-state index contributed by atoms with van der Waals surface area (Å²) in [5.41, 5.74) is 0. The molecule has 0 bridgehead atoms. The highest BCUT2D eigenvalue weighted by Crippen LogP contribution is 1.88. The summed E-state index contributed by atoms with van der Waals surface area (Å²) in [6, 6.07) is 0. The molecule has 62 valence electrons. The van der Waals surface area contributed by atoms with Crippen molar-refractivity contribution in [2.45, 2.75) is 19.8 Å². The van der Waals surface area contributed by atoms with Gasteiger partial charge in [0, 0.05) is 6.08 Å². The third-order valence-corrected chi connectivity index (χ3v) is 1.14. The van der Waals surface area contributed by atoms with Gasteiger partial charge in [0.05, 0.1) is 7.11 Å². The maximum atomic E-state index is 10.5. The topological polar surface area (TPSA) is 26.3 Å². The zero-order valence-electron chi connectivity index (χ0n) is 7.04. The first-order valence-electron chi connectivity index (χ1n) is 3.72. The van der Waals surface area contributed by atoms with E-state index in [1.807, 2.05) is 12.2 Å². The fourth-order valence-corrected chi connectivity index (χ4v) is 0.544. The summed E-state index contributed by atoms with van der Waals surface area (Å²) in [6.07, 6.45) is 9.11. The van der Waals surface area contributed by atoms with Crippen LogP contribution < -0.4 is 0 Å². The molecule has 0 amide bonds. The summed E-state index contributed by atoms with van der Waals surface area (Å²) < 4.78 is 4.40. The Morgan fingerprint density at radius 1 is 1.45 bits per heavy atom. The maximum absolute atomic E-state index is 10.5. The average molecular weight is 154 g/mol. The van der Waals surface area contributed by atoms with Crippen LogP contribution >= 0.6 is 0 Å². The van der Waals surface area contributed by atoms with E-state index < -0.39 is 0 Å². The quantitative estimate of drug-likeness (QED) is 0.352. The lowest BCUT2D eigenvalue weighted by Crippen LogP contribution is -1.92. The minimum Gasteiger partial charge on any atom is -0.466 e. The molecule has 0 aromatic rings. The second-order valence-electron chi connectivity index (χ2n) is 2.10. The monoisotopic (exact) mass is 154 g/mol. The Balaban J connectivity index is 3.50. The number of carbonyl (C=O) groups is 1. The third-order valence-electron chi connectivity index (χ3n) is 1.14. The molecule has 0 aliphatic heterocycles. The molecule has 0 rings (SSSR count). The van der Waals surface area contributed by atoms with Crippen LogP contribution in [0.1, 0.15) is 19.8 Å². The molecule has 0 unspecified atom stereocenters. The highest BCUT2D eigenvalue weighted by atomic mass is 16.5. The highest BCUT2D eigenvalue weighted by molar-refractivity contribution is 5.82. The van der Waals surface area contributed by atoms with Gasteiger partial charge < -0.3 is 4.74 Å². The second-order valence-corrected chi connectivity index (χ2v) is 2.10. The van der Waals surface area contributed by atoms with Gasteiger partial charge in [-0.25, -0.2) is 4.79 Å². The van der Waals surface area contributed by atoms with Crippen molar-refractivity contribution in [1.82, 2.24) is 0 Å². The fraction of sp³-hybridized carbons (Fsp3) is 0.444. The predicted molar refractivity (Wildman–Crippen MR) is 45.2 cm³/mol. The lowest BCUT2D eigenvalue weighted by Gasteiger charge is -1.86. The maximum Gasteiger partial charge on any atom is 0.330 e. The smallest absolute Gasteiger partial charge is 0.330 e. The standard InChI is InChI=1S/C9H14O2/c1-3-4-5-6-7-8-9(10)11-2/h5-8H,3-4H2,1-2H3/b6-5-,8-7+. The number of unbranched alkanes of at least 4 members (excludes halogenated alkanes) is 1. The number of allylic oxidation sites excluding steroid dienone is 3. The molecule has 0 aromatic heterocycles. The fourth-order valence-electron chi connectivity index (χ4n) is 0.544. The largest absolute Gasteiger partial charge is 0.466 e. The molecule has 0 saturated carbocycles. The molecule has 0 N–H and O–H groups in total. The van der Waals surface area contributed by atoms with Crippen molar-refractivity contribution < 1.29 is 9.53 Å². The van der Waals surface area contributed by atoms with Gasteiger partial charge in [0.1, 0.15) is 0 Å². The summed E-state index contributed by atoms with van der Waals surface area (Å²) in [5.74, 6) is -0.314. The van der Waals surface area contributed by atoms with Gasteiger partial charge >= 0.3 is 5.97 Å². The molecule has 0 fully saturated rings. The number of methoxy groups -OCH3 is 1. The Morgan fingerprint density at radius 2 is 2.18 bits per heavy atom. The van der Waals surface area contributed by atoms with E-state index in [-0.39, 0.29) is 5.97 Å². The minimum atomic E-state index is -0.314. The van der Waals surface area contributed by atoms with Crippen LogP contribution in [0.15, 0.2) is 24.3 Å². The van der Waals surface area contributed by atoms with Crippen molar-refractivity contribution in [2.24, 2.45) is 0 Å². The zero-order valence-corrected chi connectivity index (χ0v) is 7.04. The molecule has 0 aromatic carbocycles. The summed E-state index contributed by atoms with van der Waals surface area (Å²) in [7, 11) is 1.36. The van der Waals surface area contributed by atoms with E-state index in [4.69, 9.17) is 0 Å². The Labute approximate surface area is 67.6 Å². The van der Waals surface area contributed by atoms with Crippen molar-refractivity contribution in [1.29, 1.82) is 0 Å². The van der Waals surface area contributed by atoms with E-state index >= 15 is 0 Å². The van der Waals surface area contributed by atoms with Crippen LogP contribution in [0.5, 0.6) is 0 Å². The van der Waals surface area contributed by atoms with Crippen LogP contribution in [-0.2, 0) is 9.53 Å². The molecule has 0 aliphatic rings. The molecule has 0 heterocycles. The average Bonchev–Trinajstić information content (AvgIpc) is 2.04. The van der Waals surface area contributed by atoms with E-state index in [0.29, 0.717) is 0 Å². The van der Waals surface area contributed by atoms with Crippen LogP contribution in [0.3, 0.4) is 0 Å². The molecule has 0 saturated heterocycles. The Morgan fingerprint density at radius 3 is 2.73 bits per heavy atom. The molecule has 0 aliphatic carbocycles. The summed E-state index contributed by atoms with van der Waals surface area (Å²) >= 11 is 0. The third kappa shape index (κ3) is 6.84. The van der Waals surface area contributed by atoms with Crippen LogP contribution in [0.4, 0.5) is 0 Å². The van der Waals surface area contributed by atoms with Gasteiger partial charge in [-0.1, -0.05) is 31.6 Å². The lowest BCUT2D eigenvalue weighted by atomic mass is 10.3. The number of ether oxygens (including phenoxy) is 1. The van der Waals surface area contributed by atoms with Gasteiger partial charge in [0.2, 0.25) is 0 Å². The number of hydrogen-bond acceptors (Lipinski definition) is 2. The normalized spacial score (nSPS) is 11.1. The molecule has 2 nitrogen and oxygen atoms in total. The minimum absolute atomic E-state index is 0.314. The Hall–Kier alpha value is -1.05. The van der Waals surface area contributed by atoms with Crippen LogP contribution in [-0.4, -0.2) is 13.1 Å². The predicted octanol–water partition coefficient (Wildman–Crippen LogP) is 2.07. The Kier molecular flexibility index (Phi) is 6.39. The molecule has 2 heteroatoms. The second kappa shape index (κ2) is 7.06. The summed E-state index contributed by atoms with van der Waals surface area (Å²) in [6.45, 7) is 2.11. The number of rotatable bonds is 4. The molecule has 0 atom stereocenters. The van der Waals surface area contributed by atoms with Gasteiger partial charge in [-0.2, -0.15) is 0 Å². The van der Waals surface area contributed by atoms with Crippen LogP contribution in [0, 0.1) is 0 Å². The lowest BCUT2D eigenvalue weighted by molar-refractivity contribution is -0.134. The van der Waals surface area contributed by atoms with Crippen molar-refractivity contribution in [3.63, 3.8) is 0 Å². The first-order chi connectivity index (χ1) is 5.31. The van der Waals surface area contributed by atoms with Gasteiger partial charge in [-0.3, -0.25) is 0 Å². The van der Waals surface area contributed by atoms with Crippen molar-refractivity contribution in [2.75, 3.05) is 7.11 Å². The van der Waals surface area contributed by atoms with Gasteiger partial charge in [0.25, 0.3) is 0 Å². The Bertz CT molecular complexity index is 157. The van der Waals surface area contributed by atoms with E-state index in [1.165, 1.54) is 13.2 Å². The zero-order chi connectivity index (χ0) is 8.53. The SMILES string of the molecule is CCC/C=C\C=C\C(=O)OC. The number of hydrogen-bond donors (Lipinski definition) is 0. The van der Waals surface area contributed by atoms with Gasteiger partial charge in [0.15, 0.2) is 0 Å². The first kappa shape index (κ1) is 9.95. The first-order valence-corrected chi connectivity index (χ1v) is 3.72. The molecular weight excluding hydrogens is 140 g/mol. The number of carbonyl (C=O) groups excluding carboxylic acids is 1. The van der Waals surface area contributed by atoms with Crippen LogP contribution in [0.2, 0.25) is 0 Å². The highest BCUT2D eigenvalue weighted by Gasteiger charge is 1.85. The van der Waals surface area contributed by atoms with Crippen molar-refractivity contribution in [3.05, 3.63) is 24.3 Å². The van der Waals surface area contributed by atoms with Crippen molar-refractivity contribution >= 4 is 5.97 Å². The molecule has 11 heavy (non-hydrogen) atoms. The van der Waals surface area contributed by atoms with Gasteiger partial charge in [-0.15, -0.1) is 0 Å². The van der Waals surface area contributed by atoms with Crippen molar-refractivity contribution in [3.8, 4) is 0 Å². The van der Waals surface area contributed by atoms with Gasteiger partial charge in [-0.05, 0) is 6.42 Å². The van der Waals surface area contributed by atoms with E-state index in [9.17, 15) is 4.79 Å². The van der Waals surface area contributed by atoms with E-state index in [1.54, 1.807) is 6.08 Å².